The molecule has 0 aliphatic carbocycles. The van der Waals surface area contributed by atoms with Gasteiger partial charge in [0, 0.05) is 0 Å². The molecule has 3 heteroatoms. The van der Waals surface area contributed by atoms with Crippen LogP contribution in [-0.2, 0) is 9.53 Å². The number of rotatable bonds is 3. The number of ether oxygens (including phenoxy) is 1. The molecule has 0 radical (unpaired) electrons. The summed E-state index contributed by atoms with van der Waals surface area (Å²) in [7, 11) is 1.40. The minimum absolute atomic E-state index is 0.259. The van der Waals surface area contributed by atoms with Crippen molar-refractivity contribution in [3.63, 3.8) is 0 Å². The molecule has 0 aliphatic rings. The van der Waals surface area contributed by atoms with E-state index in [9.17, 15) is 4.79 Å². The number of hydrogen-bond donors (Lipinski definition) is 0. The number of carbonyl (C=O) groups excluding carboxylic acids is 1. The number of esters is 1. The van der Waals surface area contributed by atoms with Gasteiger partial charge in [0.05, 0.1) is 0 Å². The van der Waals surface area contributed by atoms with Gasteiger partial charge in [0.2, 0.25) is 0 Å². The van der Waals surface area contributed by atoms with Crippen LogP contribution in [0, 0.1) is 29.6 Å². The maximum atomic E-state index is 11.9. The predicted octanol–water partition coefficient (Wildman–Crippen LogP) is 4.77. The molecule has 0 N–H and O–H groups in total. The third-order valence-electron chi connectivity index (χ3n) is 4.51. The van der Waals surface area contributed by atoms with Crippen molar-refractivity contribution in [2.45, 2.75) is 10.9 Å². The van der Waals surface area contributed by atoms with Crippen molar-refractivity contribution in [3.8, 4) is 29.6 Å². The Hall–Kier alpha value is -3.39. The van der Waals surface area contributed by atoms with Gasteiger partial charge >= 0.3 is 189 Å². The third-order valence-corrected chi connectivity index (χ3v) is 12.1. The Kier molecular flexibility index (Phi) is 8.42. The first-order valence-corrected chi connectivity index (χ1v) is 16.3. The van der Waals surface area contributed by atoms with Crippen LogP contribution in [0.3, 0.4) is 0 Å². The van der Waals surface area contributed by atoms with Gasteiger partial charge in [-0.1, -0.05) is 0 Å². The van der Waals surface area contributed by atoms with Crippen LogP contribution in [0.15, 0.2) is 91.0 Å². The molecule has 2 nitrogen and oxygen atoms in total. The molecule has 31 heavy (non-hydrogen) atoms. The van der Waals surface area contributed by atoms with Gasteiger partial charge in [-0.2, -0.15) is 0 Å². The topological polar surface area (TPSA) is 26.3 Å². The molecule has 0 aliphatic heterocycles. The second kappa shape index (κ2) is 11.7. The van der Waals surface area contributed by atoms with Gasteiger partial charge in [0.25, 0.3) is 0 Å². The molecular weight excluding hydrogens is 487 g/mol. The maximum absolute atomic E-state index is 11.9. The Bertz CT molecular complexity index is 1040. The summed E-state index contributed by atoms with van der Waals surface area (Å²) >= 11 is -3.74. The summed E-state index contributed by atoms with van der Waals surface area (Å²) in [4.78, 5) is 11.9. The van der Waals surface area contributed by atoms with E-state index in [-0.39, 0.29) is 12.4 Å². The molecular formula is C28H22O2Sn. The van der Waals surface area contributed by atoms with Crippen LogP contribution in [0.1, 0.15) is 23.1 Å². The molecule has 0 atom stereocenters. The molecule has 3 aromatic rings. The van der Waals surface area contributed by atoms with E-state index in [0.717, 1.165) is 16.7 Å². The summed E-state index contributed by atoms with van der Waals surface area (Å²) in [5.41, 5.74) is 2.76. The van der Waals surface area contributed by atoms with E-state index in [1.54, 1.807) is 0 Å². The third kappa shape index (κ3) is 7.42. The fourth-order valence-corrected chi connectivity index (χ4v) is 9.10. The summed E-state index contributed by atoms with van der Waals surface area (Å²) in [5, 5.41) is 0. The van der Waals surface area contributed by atoms with Crippen molar-refractivity contribution < 1.29 is 9.53 Å². The SMILES string of the molecule is COC(=O)C[CH2][Sn]([C]#Cc1ccccc1)([C]#Cc1ccccc1)[C]#Cc1ccccc1. The van der Waals surface area contributed by atoms with Gasteiger partial charge < -0.3 is 0 Å². The van der Waals surface area contributed by atoms with Gasteiger partial charge in [-0.15, -0.1) is 0 Å². The van der Waals surface area contributed by atoms with Crippen molar-refractivity contribution in [1.82, 2.24) is 0 Å². The zero-order valence-electron chi connectivity index (χ0n) is 17.4. The number of methoxy groups -OCH3 is 1. The van der Waals surface area contributed by atoms with Gasteiger partial charge in [-0.25, -0.2) is 0 Å². The van der Waals surface area contributed by atoms with E-state index in [1.807, 2.05) is 91.0 Å². The van der Waals surface area contributed by atoms with Crippen molar-refractivity contribution in [2.75, 3.05) is 7.11 Å². The van der Waals surface area contributed by atoms with Crippen LogP contribution >= 0.6 is 0 Å². The Morgan fingerprint density at radius 2 is 1.03 bits per heavy atom. The average Bonchev–Trinajstić information content (AvgIpc) is 2.85. The van der Waals surface area contributed by atoms with Crippen molar-refractivity contribution in [3.05, 3.63) is 108 Å². The normalized spacial score (nSPS) is 9.71. The predicted molar refractivity (Wildman–Crippen MR) is 127 cm³/mol. The summed E-state index contributed by atoms with van der Waals surface area (Å²) in [5.74, 6) is 9.60. The van der Waals surface area contributed by atoms with E-state index in [0.29, 0.717) is 4.44 Å². The first kappa shape index (κ1) is 22.3. The standard InChI is InChI=1S/3C8H5.C4H7O2.Sn/c3*1-2-8-6-4-3-5-7-8;1-3-4(5)6-2;/h3*3-7H;1,3H2,2H3;. The van der Waals surface area contributed by atoms with E-state index >= 15 is 0 Å². The Morgan fingerprint density at radius 3 is 1.35 bits per heavy atom. The van der Waals surface area contributed by atoms with Gasteiger partial charge in [0.1, 0.15) is 0 Å². The van der Waals surface area contributed by atoms with Gasteiger partial charge in [0.15, 0.2) is 0 Å². The van der Waals surface area contributed by atoms with Gasteiger partial charge in [-0.3, -0.25) is 0 Å². The summed E-state index contributed by atoms with van der Waals surface area (Å²) in [6, 6.07) is 29.5. The Morgan fingerprint density at radius 1 is 0.677 bits per heavy atom. The van der Waals surface area contributed by atoms with Crippen LogP contribution in [0.5, 0.6) is 0 Å². The second-order valence-corrected chi connectivity index (χ2v) is 15.6. The van der Waals surface area contributed by atoms with Crippen LogP contribution in [0.2, 0.25) is 4.44 Å². The number of carbonyl (C=O) groups is 1. The fourth-order valence-electron chi connectivity index (χ4n) is 2.77. The van der Waals surface area contributed by atoms with E-state index < -0.39 is 18.4 Å². The van der Waals surface area contributed by atoms with E-state index in [1.165, 1.54) is 7.11 Å². The molecule has 3 aromatic carbocycles. The molecule has 150 valence electrons. The van der Waals surface area contributed by atoms with Crippen molar-refractivity contribution in [2.24, 2.45) is 0 Å². The number of hydrogen-bond acceptors (Lipinski definition) is 2. The second-order valence-electron chi connectivity index (χ2n) is 6.83. The molecule has 0 unspecified atom stereocenters. The molecule has 3 rings (SSSR count). The van der Waals surface area contributed by atoms with Crippen LogP contribution < -0.4 is 0 Å². The molecule has 0 heterocycles. The van der Waals surface area contributed by atoms with Crippen molar-refractivity contribution >= 4 is 24.3 Å². The number of benzene rings is 3. The molecule has 0 fully saturated rings. The molecule has 0 bridgehead atoms. The first-order chi connectivity index (χ1) is 15.2. The molecule has 0 saturated heterocycles. The zero-order chi connectivity index (χ0) is 21.8. The Balaban J connectivity index is 2.09. The molecule has 0 saturated carbocycles. The van der Waals surface area contributed by atoms with Crippen molar-refractivity contribution in [1.29, 1.82) is 0 Å². The first-order valence-electron chi connectivity index (χ1n) is 10.0. The minimum atomic E-state index is -3.74. The zero-order valence-corrected chi connectivity index (χ0v) is 20.2. The average molecular weight is 509 g/mol. The summed E-state index contributed by atoms with van der Waals surface area (Å²) < 4.78 is 15.9. The molecule has 0 aromatic heterocycles. The molecule has 0 spiro atoms. The van der Waals surface area contributed by atoms with E-state index in [4.69, 9.17) is 4.74 Å². The monoisotopic (exact) mass is 510 g/mol. The Labute approximate surface area is 188 Å². The molecule has 0 amide bonds. The van der Waals surface area contributed by atoms with Crippen LogP contribution in [0.4, 0.5) is 0 Å². The van der Waals surface area contributed by atoms with Crippen LogP contribution in [-0.4, -0.2) is 31.5 Å². The van der Waals surface area contributed by atoms with Crippen LogP contribution in [0.25, 0.3) is 0 Å². The summed E-state index contributed by atoms with van der Waals surface area (Å²) in [6.07, 6.45) is 0.267. The van der Waals surface area contributed by atoms with Gasteiger partial charge in [-0.05, 0) is 0 Å². The quantitative estimate of drug-likeness (QED) is 0.289. The fraction of sp³-hybridized carbons (Fsp3) is 0.107. The summed E-state index contributed by atoms with van der Waals surface area (Å²) in [6.45, 7) is 0. The van der Waals surface area contributed by atoms with E-state index in [2.05, 4.69) is 29.6 Å².